The van der Waals surface area contributed by atoms with Crippen molar-refractivity contribution in [1.29, 1.82) is 0 Å². The zero-order chi connectivity index (χ0) is 19.2. The standard InChI is InChI=1S/C23H23N3O2/c27-23-26-21-12-5-4-11-20(22(21)28-23)25-14-13-24-16-17-7-6-10-19(15-17)18-8-2-1-3-9-18/h1-3,5-12,15,24-25H,4,13-14,16H2,(H,26,27). The highest BCUT2D eigenvalue weighted by Gasteiger charge is 2.14. The molecule has 1 aliphatic rings. The molecule has 0 radical (unpaired) electrons. The van der Waals surface area contributed by atoms with Gasteiger partial charge in [-0.1, -0.05) is 60.7 Å². The molecule has 3 N–H and O–H groups in total. The molecule has 5 heteroatoms. The van der Waals surface area contributed by atoms with Crippen LogP contribution < -0.4 is 16.4 Å². The first-order valence-electron chi connectivity index (χ1n) is 9.49. The third kappa shape index (κ3) is 4.32. The first-order chi connectivity index (χ1) is 13.8. The minimum atomic E-state index is -0.430. The van der Waals surface area contributed by atoms with E-state index in [1.54, 1.807) is 0 Å². The summed E-state index contributed by atoms with van der Waals surface area (Å²) in [4.78, 5) is 14.2. The molecule has 0 spiro atoms. The van der Waals surface area contributed by atoms with Gasteiger partial charge in [0.1, 0.15) is 0 Å². The van der Waals surface area contributed by atoms with Crippen LogP contribution in [0.15, 0.2) is 76.0 Å². The number of fused-ring (bicyclic) bond motifs is 1. The molecule has 0 fully saturated rings. The van der Waals surface area contributed by atoms with Crippen molar-refractivity contribution in [3.05, 3.63) is 94.3 Å². The van der Waals surface area contributed by atoms with Gasteiger partial charge in [-0.3, -0.25) is 4.98 Å². The Morgan fingerprint density at radius 2 is 1.86 bits per heavy atom. The van der Waals surface area contributed by atoms with Gasteiger partial charge in [-0.05, 0) is 35.3 Å². The number of benzene rings is 2. The molecule has 0 bridgehead atoms. The SMILES string of the molecule is O=c1[nH]c2c(o1)C(NCCNCc1cccc(-c3ccccc3)c1)=CCC=C2. The summed E-state index contributed by atoms with van der Waals surface area (Å²) in [6, 6.07) is 19.0. The van der Waals surface area contributed by atoms with Crippen LogP contribution >= 0.6 is 0 Å². The van der Waals surface area contributed by atoms with E-state index in [4.69, 9.17) is 4.42 Å². The van der Waals surface area contributed by atoms with Crippen molar-refractivity contribution in [2.45, 2.75) is 13.0 Å². The Kier molecular flexibility index (Phi) is 5.54. The van der Waals surface area contributed by atoms with Gasteiger partial charge in [0, 0.05) is 19.6 Å². The average molecular weight is 373 g/mol. The second-order valence-corrected chi connectivity index (χ2v) is 6.68. The second kappa shape index (κ2) is 8.59. The van der Waals surface area contributed by atoms with Gasteiger partial charge in [0.25, 0.3) is 0 Å². The Morgan fingerprint density at radius 1 is 1.00 bits per heavy atom. The van der Waals surface area contributed by atoms with Crippen LogP contribution in [-0.2, 0) is 6.54 Å². The molecule has 0 aliphatic heterocycles. The van der Waals surface area contributed by atoms with E-state index in [1.807, 2.05) is 24.3 Å². The van der Waals surface area contributed by atoms with Gasteiger partial charge in [-0.25, -0.2) is 4.79 Å². The highest BCUT2D eigenvalue weighted by atomic mass is 16.4. The van der Waals surface area contributed by atoms with Crippen molar-refractivity contribution >= 4 is 11.8 Å². The van der Waals surface area contributed by atoms with E-state index in [9.17, 15) is 4.79 Å². The molecule has 5 nitrogen and oxygen atoms in total. The maximum atomic E-state index is 11.5. The fourth-order valence-corrected chi connectivity index (χ4v) is 3.28. The quantitative estimate of drug-likeness (QED) is 0.552. The number of nitrogens with one attached hydrogen (secondary N) is 3. The van der Waals surface area contributed by atoms with Crippen molar-refractivity contribution in [1.82, 2.24) is 15.6 Å². The minimum absolute atomic E-state index is 0.430. The fourth-order valence-electron chi connectivity index (χ4n) is 3.28. The summed E-state index contributed by atoms with van der Waals surface area (Å²) in [6.07, 6.45) is 6.71. The summed E-state index contributed by atoms with van der Waals surface area (Å²) >= 11 is 0. The van der Waals surface area contributed by atoms with Crippen LogP contribution in [0.3, 0.4) is 0 Å². The van der Waals surface area contributed by atoms with Crippen LogP contribution in [0.25, 0.3) is 22.9 Å². The van der Waals surface area contributed by atoms with Crippen molar-refractivity contribution in [2.24, 2.45) is 0 Å². The normalized spacial score (nSPS) is 12.9. The summed E-state index contributed by atoms with van der Waals surface area (Å²) in [7, 11) is 0. The van der Waals surface area contributed by atoms with Crippen LogP contribution in [0, 0.1) is 0 Å². The molecule has 0 atom stereocenters. The van der Waals surface area contributed by atoms with Gasteiger partial charge < -0.3 is 15.1 Å². The highest BCUT2D eigenvalue weighted by Crippen LogP contribution is 2.20. The zero-order valence-corrected chi connectivity index (χ0v) is 15.6. The Bertz CT molecular complexity index is 1040. The number of hydrogen-bond donors (Lipinski definition) is 3. The monoisotopic (exact) mass is 373 g/mol. The number of hydrogen-bond acceptors (Lipinski definition) is 4. The summed E-state index contributed by atoms with van der Waals surface area (Å²) in [5, 5.41) is 6.82. The molecular weight excluding hydrogens is 350 g/mol. The highest BCUT2D eigenvalue weighted by molar-refractivity contribution is 5.69. The van der Waals surface area contributed by atoms with Gasteiger partial charge in [-0.15, -0.1) is 0 Å². The number of allylic oxidation sites excluding steroid dienone is 2. The van der Waals surface area contributed by atoms with E-state index in [0.717, 1.165) is 31.8 Å². The molecule has 0 amide bonds. The average Bonchev–Trinajstić information content (AvgIpc) is 3.00. The van der Waals surface area contributed by atoms with Gasteiger partial charge in [-0.2, -0.15) is 0 Å². The number of rotatable bonds is 7. The summed E-state index contributed by atoms with van der Waals surface area (Å²) in [6.45, 7) is 2.33. The summed E-state index contributed by atoms with van der Waals surface area (Å²) in [5.74, 6) is 0.148. The number of aromatic nitrogens is 1. The molecule has 2 aromatic carbocycles. The van der Waals surface area contributed by atoms with Crippen LogP contribution in [0.2, 0.25) is 0 Å². The molecular formula is C23H23N3O2. The molecule has 0 saturated carbocycles. The van der Waals surface area contributed by atoms with E-state index in [1.165, 1.54) is 16.7 Å². The van der Waals surface area contributed by atoms with Crippen LogP contribution in [-0.4, -0.2) is 18.1 Å². The zero-order valence-electron chi connectivity index (χ0n) is 15.6. The molecule has 1 aromatic heterocycles. The van der Waals surface area contributed by atoms with E-state index >= 15 is 0 Å². The third-order valence-electron chi connectivity index (χ3n) is 4.64. The Hall–Kier alpha value is -3.31. The van der Waals surface area contributed by atoms with Gasteiger partial charge >= 0.3 is 5.76 Å². The molecule has 1 aliphatic carbocycles. The van der Waals surface area contributed by atoms with E-state index in [0.29, 0.717) is 11.5 Å². The molecule has 3 aromatic rings. The largest absolute Gasteiger partial charge is 0.417 e. The topological polar surface area (TPSA) is 70.1 Å². The molecule has 4 rings (SSSR count). The van der Waals surface area contributed by atoms with Crippen LogP contribution in [0.1, 0.15) is 23.4 Å². The number of H-pyrrole nitrogens is 1. The predicted molar refractivity (Wildman–Crippen MR) is 113 cm³/mol. The van der Waals surface area contributed by atoms with Crippen LogP contribution in [0.4, 0.5) is 0 Å². The maximum absolute atomic E-state index is 11.5. The third-order valence-corrected chi connectivity index (χ3v) is 4.64. The molecule has 1 heterocycles. The lowest BCUT2D eigenvalue weighted by Crippen LogP contribution is -2.26. The van der Waals surface area contributed by atoms with Crippen molar-refractivity contribution in [3.8, 4) is 11.1 Å². The number of aromatic amines is 1. The summed E-state index contributed by atoms with van der Waals surface area (Å²) in [5.41, 5.74) is 5.27. The van der Waals surface area contributed by atoms with Crippen molar-refractivity contribution in [2.75, 3.05) is 13.1 Å². The first-order valence-corrected chi connectivity index (χ1v) is 9.49. The lowest BCUT2D eigenvalue weighted by molar-refractivity contribution is 0.498. The lowest BCUT2D eigenvalue weighted by atomic mass is 10.0. The molecule has 0 saturated heterocycles. The van der Waals surface area contributed by atoms with Gasteiger partial charge in [0.05, 0.1) is 11.4 Å². The van der Waals surface area contributed by atoms with Gasteiger partial charge in [0.15, 0.2) is 5.76 Å². The van der Waals surface area contributed by atoms with E-state index in [2.05, 4.69) is 64.1 Å². The first kappa shape index (κ1) is 18.1. The van der Waals surface area contributed by atoms with E-state index in [-0.39, 0.29) is 0 Å². The smallest absolute Gasteiger partial charge is 0.406 e. The fraction of sp³-hybridized carbons (Fsp3) is 0.174. The minimum Gasteiger partial charge on any atom is -0.406 e. The Morgan fingerprint density at radius 3 is 2.75 bits per heavy atom. The Balaban J connectivity index is 1.29. The van der Waals surface area contributed by atoms with E-state index < -0.39 is 5.76 Å². The van der Waals surface area contributed by atoms with Crippen LogP contribution in [0.5, 0.6) is 0 Å². The predicted octanol–water partition coefficient (Wildman–Crippen LogP) is 3.77. The summed E-state index contributed by atoms with van der Waals surface area (Å²) < 4.78 is 5.27. The van der Waals surface area contributed by atoms with Gasteiger partial charge in [0.2, 0.25) is 0 Å². The molecule has 0 unspecified atom stereocenters. The molecule has 28 heavy (non-hydrogen) atoms. The lowest BCUT2D eigenvalue weighted by Gasteiger charge is -2.10. The Labute approximate surface area is 163 Å². The maximum Gasteiger partial charge on any atom is 0.417 e. The number of oxazole rings is 1. The second-order valence-electron chi connectivity index (χ2n) is 6.68. The van der Waals surface area contributed by atoms with Crippen molar-refractivity contribution < 1.29 is 4.42 Å². The van der Waals surface area contributed by atoms with Crippen molar-refractivity contribution in [3.63, 3.8) is 0 Å². The molecule has 142 valence electrons.